The Bertz CT molecular complexity index is 1190. The maximum Gasteiger partial charge on any atom is 0.294 e. The summed E-state index contributed by atoms with van der Waals surface area (Å²) in [5, 5.41) is 6.93. The highest BCUT2D eigenvalue weighted by molar-refractivity contribution is 5.78. The minimum atomic E-state index is -0.218. The Labute approximate surface area is 192 Å². The Kier molecular flexibility index (Phi) is 6.26. The molecule has 0 radical (unpaired) electrons. The first-order valence-corrected chi connectivity index (χ1v) is 11.5. The second-order valence-corrected chi connectivity index (χ2v) is 8.62. The topological polar surface area (TPSA) is 71.2 Å². The molecule has 33 heavy (non-hydrogen) atoms. The Morgan fingerprint density at radius 2 is 1.85 bits per heavy atom. The predicted octanol–water partition coefficient (Wildman–Crippen LogP) is 4.51. The van der Waals surface area contributed by atoms with Crippen LogP contribution in [-0.4, -0.2) is 51.7 Å². The van der Waals surface area contributed by atoms with Gasteiger partial charge in [-0.3, -0.25) is 0 Å². The van der Waals surface area contributed by atoms with Crippen LogP contribution < -0.4 is 10.6 Å². The van der Waals surface area contributed by atoms with E-state index in [2.05, 4.69) is 31.2 Å². The van der Waals surface area contributed by atoms with Gasteiger partial charge in [0.15, 0.2) is 0 Å². The normalized spacial score (nSPS) is 15.2. The Hall–Kier alpha value is -3.39. The van der Waals surface area contributed by atoms with Gasteiger partial charge in [0.25, 0.3) is 6.01 Å². The molecule has 8 heteroatoms. The molecule has 2 N–H and O–H groups in total. The number of nitrogens with zero attached hydrogens (tertiary/aromatic N) is 4. The van der Waals surface area contributed by atoms with Gasteiger partial charge in [-0.25, -0.2) is 9.37 Å². The number of nitrogens with one attached hydrogen (secondary N) is 2. The molecular weight excluding hydrogens is 419 g/mol. The number of oxazole rings is 1. The summed E-state index contributed by atoms with van der Waals surface area (Å²) in [7, 11) is 0. The summed E-state index contributed by atoms with van der Waals surface area (Å²) in [5.74, 6) is 0.657. The number of imidazole rings is 1. The highest BCUT2D eigenvalue weighted by Crippen LogP contribution is 2.24. The van der Waals surface area contributed by atoms with Crippen LogP contribution in [0.25, 0.3) is 11.0 Å². The molecule has 0 amide bonds. The van der Waals surface area contributed by atoms with Crippen LogP contribution >= 0.6 is 0 Å². The largest absolute Gasteiger partial charge is 0.432 e. The number of aromatic nitrogens is 3. The molecule has 172 valence electrons. The van der Waals surface area contributed by atoms with Gasteiger partial charge in [-0.2, -0.15) is 4.98 Å². The molecule has 0 atom stereocenters. The van der Waals surface area contributed by atoms with Crippen molar-refractivity contribution < 1.29 is 8.81 Å². The van der Waals surface area contributed by atoms with Crippen LogP contribution in [0.2, 0.25) is 0 Å². The van der Waals surface area contributed by atoms with Gasteiger partial charge < -0.3 is 24.5 Å². The lowest BCUT2D eigenvalue weighted by atomic mass is 10.1. The molecule has 1 saturated heterocycles. The maximum atomic E-state index is 13.4. The summed E-state index contributed by atoms with van der Waals surface area (Å²) < 4.78 is 20.9. The van der Waals surface area contributed by atoms with Gasteiger partial charge in [0.2, 0.25) is 5.95 Å². The monoisotopic (exact) mass is 448 g/mol. The first-order valence-electron chi connectivity index (χ1n) is 11.5. The van der Waals surface area contributed by atoms with Crippen molar-refractivity contribution in [2.24, 2.45) is 0 Å². The fourth-order valence-electron chi connectivity index (χ4n) is 4.36. The van der Waals surface area contributed by atoms with E-state index >= 15 is 0 Å². The van der Waals surface area contributed by atoms with Crippen molar-refractivity contribution in [1.82, 2.24) is 19.4 Å². The summed E-state index contributed by atoms with van der Waals surface area (Å²) in [5.41, 5.74) is 3.98. The summed E-state index contributed by atoms with van der Waals surface area (Å²) in [6.45, 7) is 6.39. The zero-order chi connectivity index (χ0) is 22.6. The van der Waals surface area contributed by atoms with Crippen LogP contribution in [0.3, 0.4) is 0 Å². The van der Waals surface area contributed by atoms with Gasteiger partial charge >= 0.3 is 0 Å². The lowest BCUT2D eigenvalue weighted by Gasteiger charge is -2.32. The molecule has 0 spiro atoms. The molecule has 7 nitrogen and oxygen atoms in total. The molecule has 0 unspecified atom stereocenters. The van der Waals surface area contributed by atoms with E-state index in [1.54, 1.807) is 6.26 Å². The molecule has 4 aromatic rings. The molecule has 5 rings (SSSR count). The van der Waals surface area contributed by atoms with E-state index in [0.29, 0.717) is 18.6 Å². The number of piperidine rings is 1. The third-order valence-corrected chi connectivity index (χ3v) is 6.15. The van der Waals surface area contributed by atoms with Crippen molar-refractivity contribution in [1.29, 1.82) is 0 Å². The summed E-state index contributed by atoms with van der Waals surface area (Å²) >= 11 is 0. The third kappa shape index (κ3) is 5.17. The Balaban J connectivity index is 1.20. The zero-order valence-corrected chi connectivity index (χ0v) is 18.8. The third-order valence-electron chi connectivity index (χ3n) is 6.15. The molecule has 1 aliphatic heterocycles. The van der Waals surface area contributed by atoms with Crippen LogP contribution in [0.1, 0.15) is 24.1 Å². The molecule has 1 fully saturated rings. The second-order valence-electron chi connectivity index (χ2n) is 8.62. The van der Waals surface area contributed by atoms with Crippen LogP contribution in [0, 0.1) is 12.7 Å². The van der Waals surface area contributed by atoms with E-state index in [1.165, 1.54) is 12.1 Å². The molecule has 3 heterocycles. The van der Waals surface area contributed by atoms with Crippen molar-refractivity contribution >= 4 is 23.0 Å². The van der Waals surface area contributed by atoms with E-state index < -0.39 is 0 Å². The van der Waals surface area contributed by atoms with Crippen molar-refractivity contribution in [3.8, 4) is 0 Å². The minimum absolute atomic E-state index is 0.218. The highest BCUT2D eigenvalue weighted by atomic mass is 19.1. The molecule has 2 aromatic carbocycles. The molecule has 1 aliphatic rings. The average Bonchev–Trinajstić information content (AvgIpc) is 3.39. The van der Waals surface area contributed by atoms with Gasteiger partial charge in [-0.1, -0.05) is 24.3 Å². The van der Waals surface area contributed by atoms with Gasteiger partial charge in [-0.15, -0.1) is 0 Å². The van der Waals surface area contributed by atoms with E-state index in [0.717, 1.165) is 67.3 Å². The summed E-state index contributed by atoms with van der Waals surface area (Å²) in [6, 6.07) is 15.8. The Morgan fingerprint density at radius 3 is 2.61 bits per heavy atom. The average molecular weight is 449 g/mol. The van der Waals surface area contributed by atoms with Crippen LogP contribution in [0.15, 0.2) is 59.2 Å². The van der Waals surface area contributed by atoms with Gasteiger partial charge in [0.05, 0.1) is 23.3 Å². The maximum absolute atomic E-state index is 13.4. The molecule has 0 bridgehead atoms. The molecule has 0 aliphatic carbocycles. The van der Waals surface area contributed by atoms with E-state index in [-0.39, 0.29) is 5.82 Å². The van der Waals surface area contributed by atoms with E-state index in [1.807, 2.05) is 37.3 Å². The quantitative estimate of drug-likeness (QED) is 0.413. The first kappa shape index (κ1) is 21.5. The van der Waals surface area contributed by atoms with Crippen molar-refractivity contribution in [2.75, 3.05) is 36.8 Å². The second kappa shape index (κ2) is 9.62. The van der Waals surface area contributed by atoms with Crippen molar-refractivity contribution in [3.05, 3.63) is 71.9 Å². The standard InChI is InChI=1S/C25H29FN6O/c1-18-17-33-25(28-18)27-12-15-31-13-10-21(11-14-31)29-24-30-22-4-2-3-5-23(22)32(24)16-19-6-8-20(26)9-7-19/h2-9,17,21H,10-16H2,1H3,(H,27,28)(H,29,30). The molecular formula is C25H29FN6O. The number of hydrogen-bond donors (Lipinski definition) is 2. The summed E-state index contributed by atoms with van der Waals surface area (Å²) in [4.78, 5) is 11.6. The Morgan fingerprint density at radius 1 is 1.06 bits per heavy atom. The van der Waals surface area contributed by atoms with Crippen LogP contribution in [-0.2, 0) is 6.54 Å². The predicted molar refractivity (Wildman–Crippen MR) is 128 cm³/mol. The van der Waals surface area contributed by atoms with Crippen LogP contribution in [0.4, 0.5) is 16.4 Å². The number of para-hydroxylation sites is 2. The fourth-order valence-corrected chi connectivity index (χ4v) is 4.36. The number of likely N-dealkylation sites (tertiary alicyclic amines) is 1. The zero-order valence-electron chi connectivity index (χ0n) is 18.8. The number of fused-ring (bicyclic) bond motifs is 1. The molecule has 0 saturated carbocycles. The number of rotatable bonds is 8. The minimum Gasteiger partial charge on any atom is -0.432 e. The van der Waals surface area contributed by atoms with Gasteiger partial charge in [0.1, 0.15) is 12.1 Å². The smallest absolute Gasteiger partial charge is 0.294 e. The van der Waals surface area contributed by atoms with E-state index in [9.17, 15) is 4.39 Å². The van der Waals surface area contributed by atoms with Crippen molar-refractivity contribution in [3.63, 3.8) is 0 Å². The fraction of sp³-hybridized carbons (Fsp3) is 0.360. The van der Waals surface area contributed by atoms with Gasteiger partial charge in [-0.05, 0) is 49.6 Å². The van der Waals surface area contributed by atoms with Crippen molar-refractivity contribution in [2.45, 2.75) is 32.4 Å². The number of halogens is 1. The van der Waals surface area contributed by atoms with E-state index in [4.69, 9.17) is 9.40 Å². The first-order chi connectivity index (χ1) is 16.1. The summed E-state index contributed by atoms with van der Waals surface area (Å²) in [6.07, 6.45) is 3.76. The number of aryl methyl sites for hydroxylation is 1. The number of hydrogen-bond acceptors (Lipinski definition) is 6. The lowest BCUT2D eigenvalue weighted by molar-refractivity contribution is 0.226. The number of benzene rings is 2. The lowest BCUT2D eigenvalue weighted by Crippen LogP contribution is -2.41. The van der Waals surface area contributed by atoms with Gasteiger partial charge in [0, 0.05) is 32.2 Å². The SMILES string of the molecule is Cc1coc(NCCN2CCC(Nc3nc4ccccc4n3Cc3ccc(F)cc3)CC2)n1. The van der Waals surface area contributed by atoms with Crippen LogP contribution in [0.5, 0.6) is 0 Å². The number of anilines is 2. The molecule has 2 aromatic heterocycles. The highest BCUT2D eigenvalue weighted by Gasteiger charge is 2.21.